The quantitative estimate of drug-likeness (QED) is 0.803. The third kappa shape index (κ3) is 3.80. The van der Waals surface area contributed by atoms with Gasteiger partial charge in [0.05, 0.1) is 6.54 Å². The minimum atomic E-state index is 0.296. The van der Waals surface area contributed by atoms with Crippen LogP contribution in [0.25, 0.3) is 0 Å². The molecular weight excluding hydrogens is 330 g/mol. The summed E-state index contributed by atoms with van der Waals surface area (Å²) in [5.74, 6) is 3.68. The molecule has 0 unspecified atom stereocenters. The van der Waals surface area contributed by atoms with Crippen LogP contribution in [0.4, 0.5) is 11.8 Å². The van der Waals surface area contributed by atoms with E-state index < -0.39 is 0 Å². The molecule has 0 spiro atoms. The fourth-order valence-electron chi connectivity index (χ4n) is 3.48. The lowest BCUT2D eigenvalue weighted by Crippen LogP contribution is -2.46. The van der Waals surface area contributed by atoms with Gasteiger partial charge in [0.1, 0.15) is 5.82 Å². The number of piperazine rings is 1. The average molecular weight is 357 g/mol. The zero-order chi connectivity index (χ0) is 17.9. The van der Waals surface area contributed by atoms with E-state index in [1.807, 2.05) is 12.3 Å². The number of rotatable bonds is 5. The van der Waals surface area contributed by atoms with E-state index in [9.17, 15) is 0 Å². The van der Waals surface area contributed by atoms with Crippen molar-refractivity contribution in [2.45, 2.75) is 39.2 Å². The number of nitrogens with zero attached hydrogens (tertiary/aromatic N) is 7. The van der Waals surface area contributed by atoms with Gasteiger partial charge in [-0.15, -0.1) is 0 Å². The van der Waals surface area contributed by atoms with Crippen molar-refractivity contribution < 1.29 is 4.52 Å². The second-order valence-corrected chi connectivity index (χ2v) is 7.37. The van der Waals surface area contributed by atoms with Crippen molar-refractivity contribution in [1.82, 2.24) is 25.0 Å². The summed E-state index contributed by atoms with van der Waals surface area (Å²) >= 11 is 0. The number of hydrogen-bond donors (Lipinski definition) is 0. The molecule has 8 heteroatoms. The summed E-state index contributed by atoms with van der Waals surface area (Å²) < 4.78 is 5.37. The predicted molar refractivity (Wildman–Crippen MR) is 99.4 cm³/mol. The first-order valence-corrected chi connectivity index (χ1v) is 9.57. The SMILES string of the molecule is CC(C)c1noc(CN2CCN(c3nccc(N4CCCC4)n3)CC2)n1. The molecule has 2 aromatic heterocycles. The van der Waals surface area contributed by atoms with Crippen molar-refractivity contribution in [3.05, 3.63) is 24.0 Å². The van der Waals surface area contributed by atoms with Gasteiger partial charge in [0.15, 0.2) is 5.82 Å². The summed E-state index contributed by atoms with van der Waals surface area (Å²) in [4.78, 5) is 20.7. The Kier molecular flexibility index (Phi) is 5.01. The van der Waals surface area contributed by atoms with Crippen LogP contribution in [0, 0.1) is 0 Å². The van der Waals surface area contributed by atoms with Crippen molar-refractivity contribution >= 4 is 11.8 Å². The highest BCUT2D eigenvalue weighted by atomic mass is 16.5. The minimum absolute atomic E-state index is 0.296. The van der Waals surface area contributed by atoms with Crippen molar-refractivity contribution in [2.75, 3.05) is 49.1 Å². The maximum absolute atomic E-state index is 5.37. The molecule has 0 bridgehead atoms. The van der Waals surface area contributed by atoms with E-state index in [1.54, 1.807) is 0 Å². The van der Waals surface area contributed by atoms with Gasteiger partial charge in [-0.1, -0.05) is 19.0 Å². The van der Waals surface area contributed by atoms with Gasteiger partial charge in [-0.2, -0.15) is 9.97 Å². The molecule has 8 nitrogen and oxygen atoms in total. The second kappa shape index (κ2) is 7.57. The van der Waals surface area contributed by atoms with Crippen LogP contribution in [0.2, 0.25) is 0 Å². The maximum atomic E-state index is 5.37. The number of anilines is 2. The van der Waals surface area contributed by atoms with Gasteiger partial charge >= 0.3 is 0 Å². The molecular formula is C18H27N7O. The summed E-state index contributed by atoms with van der Waals surface area (Å²) in [7, 11) is 0. The van der Waals surface area contributed by atoms with Crippen molar-refractivity contribution in [3.8, 4) is 0 Å². The summed E-state index contributed by atoms with van der Waals surface area (Å²) in [5, 5.41) is 4.04. The van der Waals surface area contributed by atoms with Crippen molar-refractivity contribution in [1.29, 1.82) is 0 Å². The lowest BCUT2D eigenvalue weighted by atomic mass is 10.2. The van der Waals surface area contributed by atoms with E-state index in [1.165, 1.54) is 12.8 Å². The standard InChI is InChI=1S/C18H27N7O/c1-14(2)17-21-16(26-22-17)13-23-9-11-25(12-10-23)18-19-6-5-15(20-18)24-7-3-4-8-24/h5-6,14H,3-4,7-13H2,1-2H3. The lowest BCUT2D eigenvalue weighted by molar-refractivity contribution is 0.214. The Balaban J connectivity index is 1.33. The summed E-state index contributed by atoms with van der Waals surface area (Å²) in [6.07, 6.45) is 4.40. The first kappa shape index (κ1) is 17.2. The first-order valence-electron chi connectivity index (χ1n) is 9.57. The molecule has 4 rings (SSSR count). The molecule has 2 aliphatic heterocycles. The average Bonchev–Trinajstić information content (AvgIpc) is 3.35. The molecule has 0 aliphatic carbocycles. The summed E-state index contributed by atoms with van der Waals surface area (Å²) in [5.41, 5.74) is 0. The molecule has 2 aromatic rings. The molecule has 26 heavy (non-hydrogen) atoms. The van der Waals surface area contributed by atoms with Crippen LogP contribution in [0.1, 0.15) is 44.3 Å². The van der Waals surface area contributed by atoms with E-state index in [-0.39, 0.29) is 0 Å². The summed E-state index contributed by atoms with van der Waals surface area (Å²) in [6.45, 7) is 10.8. The van der Waals surface area contributed by atoms with Crippen LogP contribution in [0.5, 0.6) is 0 Å². The van der Waals surface area contributed by atoms with E-state index in [2.05, 4.69) is 43.7 Å². The fraction of sp³-hybridized carbons (Fsp3) is 0.667. The van der Waals surface area contributed by atoms with Crippen LogP contribution < -0.4 is 9.80 Å². The van der Waals surface area contributed by atoms with E-state index in [0.29, 0.717) is 18.4 Å². The van der Waals surface area contributed by atoms with Crippen LogP contribution in [-0.2, 0) is 6.54 Å². The highest BCUT2D eigenvalue weighted by Crippen LogP contribution is 2.20. The Morgan fingerprint density at radius 2 is 1.77 bits per heavy atom. The molecule has 0 aromatic carbocycles. The lowest BCUT2D eigenvalue weighted by Gasteiger charge is -2.34. The van der Waals surface area contributed by atoms with Gasteiger partial charge in [0.25, 0.3) is 0 Å². The number of hydrogen-bond acceptors (Lipinski definition) is 8. The van der Waals surface area contributed by atoms with E-state index in [4.69, 9.17) is 9.51 Å². The first-order chi connectivity index (χ1) is 12.7. The Morgan fingerprint density at radius 1 is 1.00 bits per heavy atom. The maximum Gasteiger partial charge on any atom is 0.240 e. The fourth-order valence-corrected chi connectivity index (χ4v) is 3.48. The van der Waals surface area contributed by atoms with Crippen LogP contribution in [-0.4, -0.2) is 64.3 Å². The highest BCUT2D eigenvalue weighted by molar-refractivity contribution is 5.44. The Bertz CT molecular complexity index is 718. The molecule has 0 atom stereocenters. The monoisotopic (exact) mass is 357 g/mol. The van der Waals surface area contributed by atoms with Crippen molar-refractivity contribution in [2.24, 2.45) is 0 Å². The Hall–Kier alpha value is -2.22. The van der Waals surface area contributed by atoms with Gasteiger partial charge < -0.3 is 14.3 Å². The van der Waals surface area contributed by atoms with Gasteiger partial charge in [-0.25, -0.2) is 4.98 Å². The highest BCUT2D eigenvalue weighted by Gasteiger charge is 2.22. The van der Waals surface area contributed by atoms with Crippen LogP contribution in [0.15, 0.2) is 16.8 Å². The molecule has 0 radical (unpaired) electrons. The largest absolute Gasteiger partial charge is 0.356 e. The molecule has 2 aliphatic rings. The topological polar surface area (TPSA) is 74.4 Å². The Morgan fingerprint density at radius 3 is 2.46 bits per heavy atom. The summed E-state index contributed by atoms with van der Waals surface area (Å²) in [6, 6.07) is 2.02. The molecule has 0 amide bonds. The second-order valence-electron chi connectivity index (χ2n) is 7.37. The molecule has 140 valence electrons. The molecule has 0 N–H and O–H groups in total. The molecule has 2 saturated heterocycles. The third-order valence-electron chi connectivity index (χ3n) is 5.07. The van der Waals surface area contributed by atoms with Crippen molar-refractivity contribution in [3.63, 3.8) is 0 Å². The third-order valence-corrected chi connectivity index (χ3v) is 5.07. The normalized spacial score (nSPS) is 18.9. The zero-order valence-corrected chi connectivity index (χ0v) is 15.6. The number of aromatic nitrogens is 4. The van der Waals surface area contributed by atoms with Gasteiger partial charge in [-0.05, 0) is 18.9 Å². The van der Waals surface area contributed by atoms with Crippen LogP contribution >= 0.6 is 0 Å². The van der Waals surface area contributed by atoms with E-state index >= 15 is 0 Å². The molecule has 0 saturated carbocycles. The Labute approximate surface area is 154 Å². The van der Waals surface area contributed by atoms with Crippen LogP contribution in [0.3, 0.4) is 0 Å². The molecule has 4 heterocycles. The molecule has 2 fully saturated rings. The minimum Gasteiger partial charge on any atom is -0.356 e. The zero-order valence-electron chi connectivity index (χ0n) is 15.6. The smallest absolute Gasteiger partial charge is 0.240 e. The van der Waals surface area contributed by atoms with Gasteiger partial charge in [0.2, 0.25) is 11.8 Å². The van der Waals surface area contributed by atoms with Gasteiger partial charge in [-0.3, -0.25) is 4.90 Å². The van der Waals surface area contributed by atoms with Gasteiger partial charge in [0, 0.05) is 51.4 Å². The predicted octanol–water partition coefficient (Wildman–Crippen LogP) is 1.91. The van der Waals surface area contributed by atoms with E-state index in [0.717, 1.165) is 56.9 Å².